The molecule has 0 amide bonds. The summed E-state index contributed by atoms with van der Waals surface area (Å²) in [6.07, 6.45) is 0.835. The van der Waals surface area contributed by atoms with Gasteiger partial charge in [0.05, 0.1) is 19.1 Å². The van der Waals surface area contributed by atoms with E-state index >= 15 is 0 Å². The van der Waals surface area contributed by atoms with E-state index in [0.717, 1.165) is 42.1 Å². The standard InChI is InChI=1S/C18H22N2O4/c1-19(11-10-14-4-7-16(8-5-14)20(21)22)13-15-6-9-17(23-2)18(12-15)24-3/h4-9,12H,10-11,13H2,1-3H3. The van der Waals surface area contributed by atoms with E-state index in [1.807, 2.05) is 37.4 Å². The molecule has 0 spiro atoms. The van der Waals surface area contributed by atoms with Crippen LogP contribution in [-0.4, -0.2) is 37.6 Å². The van der Waals surface area contributed by atoms with E-state index in [1.54, 1.807) is 26.4 Å². The number of ether oxygens (including phenoxy) is 2. The fourth-order valence-corrected chi connectivity index (χ4v) is 2.47. The molecule has 0 aliphatic carbocycles. The molecule has 0 aliphatic heterocycles. The van der Waals surface area contributed by atoms with Gasteiger partial charge in [0.15, 0.2) is 11.5 Å². The average Bonchev–Trinajstić information content (AvgIpc) is 2.60. The lowest BCUT2D eigenvalue weighted by atomic mass is 10.1. The first-order valence-corrected chi connectivity index (χ1v) is 7.66. The fourth-order valence-electron chi connectivity index (χ4n) is 2.47. The van der Waals surface area contributed by atoms with Crippen LogP contribution >= 0.6 is 0 Å². The monoisotopic (exact) mass is 330 g/mol. The van der Waals surface area contributed by atoms with Crippen molar-refractivity contribution in [3.63, 3.8) is 0 Å². The quantitative estimate of drug-likeness (QED) is 0.549. The number of hydrogen-bond donors (Lipinski definition) is 0. The van der Waals surface area contributed by atoms with Gasteiger partial charge in [-0.2, -0.15) is 0 Å². The Morgan fingerprint density at radius 3 is 2.21 bits per heavy atom. The maximum atomic E-state index is 10.7. The Labute approximate surface area is 141 Å². The summed E-state index contributed by atoms with van der Waals surface area (Å²) in [6.45, 7) is 1.64. The molecule has 0 atom stereocenters. The number of likely N-dealkylation sites (N-methyl/N-ethyl adjacent to an activating group) is 1. The zero-order valence-corrected chi connectivity index (χ0v) is 14.2. The second kappa shape index (κ2) is 8.31. The summed E-state index contributed by atoms with van der Waals surface area (Å²) in [4.78, 5) is 12.5. The molecular formula is C18H22N2O4. The van der Waals surface area contributed by atoms with Gasteiger partial charge in [0, 0.05) is 25.2 Å². The van der Waals surface area contributed by atoms with Crippen molar-refractivity contribution in [2.24, 2.45) is 0 Å². The number of benzene rings is 2. The van der Waals surface area contributed by atoms with Gasteiger partial charge in [-0.15, -0.1) is 0 Å². The van der Waals surface area contributed by atoms with Crippen molar-refractivity contribution in [2.75, 3.05) is 27.8 Å². The lowest BCUT2D eigenvalue weighted by molar-refractivity contribution is -0.384. The van der Waals surface area contributed by atoms with Crippen LogP contribution in [0.15, 0.2) is 42.5 Å². The van der Waals surface area contributed by atoms with E-state index in [-0.39, 0.29) is 10.6 Å². The molecule has 0 saturated carbocycles. The Kier molecular flexibility index (Phi) is 6.14. The molecule has 0 aliphatic rings. The zero-order chi connectivity index (χ0) is 17.5. The van der Waals surface area contributed by atoms with Crippen molar-refractivity contribution in [2.45, 2.75) is 13.0 Å². The Morgan fingerprint density at radius 1 is 1.00 bits per heavy atom. The third-order valence-corrected chi connectivity index (χ3v) is 3.83. The minimum Gasteiger partial charge on any atom is -0.493 e. The summed E-state index contributed by atoms with van der Waals surface area (Å²) < 4.78 is 10.6. The summed E-state index contributed by atoms with van der Waals surface area (Å²) in [5.41, 5.74) is 2.34. The van der Waals surface area contributed by atoms with Gasteiger partial charge in [-0.1, -0.05) is 18.2 Å². The predicted molar refractivity (Wildman–Crippen MR) is 92.7 cm³/mol. The van der Waals surface area contributed by atoms with Crippen LogP contribution in [0.3, 0.4) is 0 Å². The Hall–Kier alpha value is -2.60. The zero-order valence-electron chi connectivity index (χ0n) is 14.2. The van der Waals surface area contributed by atoms with Crippen LogP contribution in [0.2, 0.25) is 0 Å². The molecule has 128 valence electrons. The normalized spacial score (nSPS) is 10.7. The molecule has 24 heavy (non-hydrogen) atoms. The first-order chi connectivity index (χ1) is 11.5. The lowest BCUT2D eigenvalue weighted by Crippen LogP contribution is -2.20. The fraction of sp³-hybridized carbons (Fsp3) is 0.333. The molecule has 2 aromatic carbocycles. The average molecular weight is 330 g/mol. The van der Waals surface area contributed by atoms with E-state index in [1.165, 1.54) is 0 Å². The molecule has 2 aromatic rings. The highest BCUT2D eigenvalue weighted by atomic mass is 16.6. The van der Waals surface area contributed by atoms with Crippen molar-refractivity contribution in [1.82, 2.24) is 4.90 Å². The molecular weight excluding hydrogens is 308 g/mol. The second-order valence-corrected chi connectivity index (χ2v) is 5.60. The van der Waals surface area contributed by atoms with Crippen molar-refractivity contribution in [3.05, 3.63) is 63.7 Å². The highest BCUT2D eigenvalue weighted by molar-refractivity contribution is 5.42. The summed E-state index contributed by atoms with van der Waals surface area (Å²) in [5.74, 6) is 1.44. The first-order valence-electron chi connectivity index (χ1n) is 7.66. The van der Waals surface area contributed by atoms with Crippen LogP contribution in [0, 0.1) is 10.1 Å². The SMILES string of the molecule is COc1ccc(CN(C)CCc2ccc([N+](=O)[O-])cc2)cc1OC. The van der Waals surface area contributed by atoms with Gasteiger partial charge in [0.1, 0.15) is 0 Å². The van der Waals surface area contributed by atoms with Crippen LogP contribution in [-0.2, 0) is 13.0 Å². The minimum atomic E-state index is -0.382. The third-order valence-electron chi connectivity index (χ3n) is 3.83. The molecule has 0 N–H and O–H groups in total. The number of nitro benzene ring substituents is 1. The summed E-state index contributed by atoms with van der Waals surface area (Å²) in [5, 5.41) is 10.7. The number of nitro groups is 1. The van der Waals surface area contributed by atoms with Crippen LogP contribution in [0.1, 0.15) is 11.1 Å². The van der Waals surface area contributed by atoms with Crippen molar-refractivity contribution >= 4 is 5.69 Å². The summed E-state index contributed by atoms with van der Waals surface area (Å²) in [7, 11) is 5.29. The van der Waals surface area contributed by atoms with E-state index in [0.29, 0.717) is 0 Å². The maximum Gasteiger partial charge on any atom is 0.269 e. The van der Waals surface area contributed by atoms with E-state index in [9.17, 15) is 10.1 Å². The Balaban J connectivity index is 1.91. The van der Waals surface area contributed by atoms with Gasteiger partial charge >= 0.3 is 0 Å². The van der Waals surface area contributed by atoms with Crippen LogP contribution in [0.25, 0.3) is 0 Å². The highest BCUT2D eigenvalue weighted by Crippen LogP contribution is 2.27. The van der Waals surface area contributed by atoms with Gasteiger partial charge < -0.3 is 14.4 Å². The number of hydrogen-bond acceptors (Lipinski definition) is 5. The van der Waals surface area contributed by atoms with E-state index in [4.69, 9.17) is 9.47 Å². The predicted octanol–water partition coefficient (Wildman–Crippen LogP) is 3.29. The number of methoxy groups -OCH3 is 2. The third kappa shape index (κ3) is 4.70. The number of rotatable bonds is 8. The number of non-ortho nitro benzene ring substituents is 1. The van der Waals surface area contributed by atoms with Crippen molar-refractivity contribution in [1.29, 1.82) is 0 Å². The van der Waals surface area contributed by atoms with E-state index in [2.05, 4.69) is 4.90 Å². The smallest absolute Gasteiger partial charge is 0.269 e. The van der Waals surface area contributed by atoms with Gasteiger partial charge in [-0.3, -0.25) is 10.1 Å². The molecule has 6 nitrogen and oxygen atoms in total. The van der Waals surface area contributed by atoms with Crippen molar-refractivity contribution < 1.29 is 14.4 Å². The van der Waals surface area contributed by atoms with Crippen molar-refractivity contribution in [3.8, 4) is 11.5 Å². The topological polar surface area (TPSA) is 64.8 Å². The highest BCUT2D eigenvalue weighted by Gasteiger charge is 2.08. The summed E-state index contributed by atoms with van der Waals surface area (Å²) in [6, 6.07) is 12.6. The molecule has 0 bridgehead atoms. The Bertz CT molecular complexity index is 686. The van der Waals surface area contributed by atoms with Gasteiger partial charge in [-0.25, -0.2) is 0 Å². The largest absolute Gasteiger partial charge is 0.493 e. The van der Waals surface area contributed by atoms with Crippen LogP contribution < -0.4 is 9.47 Å². The van der Waals surface area contributed by atoms with Crippen LogP contribution in [0.4, 0.5) is 5.69 Å². The van der Waals surface area contributed by atoms with Gasteiger partial charge in [-0.05, 0) is 36.7 Å². The van der Waals surface area contributed by atoms with Gasteiger partial charge in [0.2, 0.25) is 0 Å². The number of nitrogens with zero attached hydrogens (tertiary/aromatic N) is 2. The molecule has 6 heteroatoms. The van der Waals surface area contributed by atoms with Gasteiger partial charge in [0.25, 0.3) is 5.69 Å². The molecule has 0 saturated heterocycles. The molecule has 2 rings (SSSR count). The maximum absolute atomic E-state index is 10.7. The second-order valence-electron chi connectivity index (χ2n) is 5.60. The minimum absolute atomic E-state index is 0.123. The molecule has 0 unspecified atom stereocenters. The molecule has 0 fully saturated rings. The summed E-state index contributed by atoms with van der Waals surface area (Å²) >= 11 is 0. The van der Waals surface area contributed by atoms with Crippen LogP contribution in [0.5, 0.6) is 11.5 Å². The lowest BCUT2D eigenvalue weighted by Gasteiger charge is -2.18. The molecule has 0 aromatic heterocycles. The first kappa shape index (κ1) is 17.7. The Morgan fingerprint density at radius 2 is 1.62 bits per heavy atom. The molecule has 0 radical (unpaired) electrons. The molecule has 0 heterocycles. The van der Waals surface area contributed by atoms with E-state index < -0.39 is 0 Å².